The highest BCUT2D eigenvalue weighted by atomic mass is 32.2. The highest BCUT2D eigenvalue weighted by Gasteiger charge is 2.72. The van der Waals surface area contributed by atoms with Crippen LogP contribution in [0.2, 0.25) is 0 Å². The Labute approximate surface area is 497 Å². The number of non-ortho nitro benzene ring substituents is 1. The Morgan fingerprint density at radius 3 is 1.29 bits per heavy atom. The standard InChI is InChI=1S/C34H27N3O9S.C28H23N5O6S/c1-34(2)29(33(40)46-28(21-9-5-3-6-10-21)22-11-7-4-8-12-22)36-30(38)27(31(36)47(34,43)44)19-24-14-13-23(20-35-24)32(39)45-26-17-15-25(16-18-26)37(41)42;1-28(2)23(27(36)39-22(17-9-5-3-6-10-17)18-11-7-4-8-12-18)33-25(35)21(26(33)40(28,37)38)15-20-14-13-19(16-30-20)24(34)31-32-29/h3-20,28-29,31H,1-2H3;3-16,22-23,26H,1-2H3/b27-19-;21-15-/t29-,31+;23-,26+/m00/s1. The van der Waals surface area contributed by atoms with Crippen LogP contribution >= 0.6 is 0 Å². The molecule has 6 heterocycles. The number of carbonyl (C=O) groups excluding carboxylic acids is 6. The summed E-state index contributed by atoms with van der Waals surface area (Å²) in [6.07, 6.45) is 3.33. The Morgan fingerprint density at radius 1 is 0.586 bits per heavy atom. The van der Waals surface area contributed by atoms with E-state index < -0.39 is 105 Å². The zero-order valence-corrected chi connectivity index (χ0v) is 48.1. The first-order chi connectivity index (χ1) is 41.5. The topological polar surface area (TPSA) is 323 Å². The van der Waals surface area contributed by atoms with Crippen molar-refractivity contribution in [3.63, 3.8) is 0 Å². The predicted molar refractivity (Wildman–Crippen MR) is 312 cm³/mol. The van der Waals surface area contributed by atoms with Crippen molar-refractivity contribution in [2.75, 3.05) is 0 Å². The molecule has 2 aromatic heterocycles. The lowest BCUT2D eigenvalue weighted by atomic mass is 9.94. The molecule has 4 fully saturated rings. The Hall–Kier alpha value is -10.5. The number of nitro benzene ring substituents is 1. The molecular weight excluding hydrogens is 1160 g/mol. The molecule has 0 aliphatic carbocycles. The second-order valence-electron chi connectivity index (χ2n) is 21.3. The van der Waals surface area contributed by atoms with Gasteiger partial charge in [-0.05, 0) is 109 Å². The monoisotopic (exact) mass is 1210 g/mol. The number of nitro groups is 1. The molecule has 0 radical (unpaired) electrons. The first kappa shape index (κ1) is 59.7. The van der Waals surface area contributed by atoms with Crippen LogP contribution in [0.4, 0.5) is 5.69 Å². The van der Waals surface area contributed by atoms with Gasteiger partial charge in [0.1, 0.15) is 15.2 Å². The molecular formula is C62H50N8O15S2. The number of β-lactam (4-membered cyclic amide) rings is 2. The highest BCUT2D eigenvalue weighted by Crippen LogP contribution is 2.51. The van der Waals surface area contributed by atoms with Gasteiger partial charge in [0.05, 0.1) is 33.0 Å². The van der Waals surface area contributed by atoms with Crippen molar-refractivity contribution in [1.29, 1.82) is 0 Å². The number of ether oxygens (including phenoxy) is 3. The van der Waals surface area contributed by atoms with Gasteiger partial charge in [-0.3, -0.25) is 34.5 Å². The summed E-state index contributed by atoms with van der Waals surface area (Å²) in [6, 6.07) is 43.9. The number of pyridine rings is 2. The maximum atomic E-state index is 13.8. The van der Waals surface area contributed by atoms with E-state index >= 15 is 0 Å². The van der Waals surface area contributed by atoms with Crippen molar-refractivity contribution in [1.82, 2.24) is 19.8 Å². The number of azide groups is 1. The number of esters is 3. The van der Waals surface area contributed by atoms with Crippen molar-refractivity contribution >= 4 is 73.1 Å². The molecule has 5 aromatic carbocycles. The SMILES string of the molecule is CC1(C)[C@H](C(=O)OC(c2ccccc2)c2ccccc2)N2C(=O)/C(=C/c3ccc(C(=O)N=[N+]=[N-])cn3)[C@H]2S1(=O)=O.CC1(C)[C@H](C(=O)OC(c2ccccc2)c2ccccc2)N2C(=O)/C(=C/c3ccc(C(=O)Oc4ccc([N+](=O)[O-])cc4)cn3)[C@H]2S1(=O)=O. The number of hydrogen-bond donors (Lipinski definition) is 0. The Bertz CT molecular complexity index is 4160. The van der Waals surface area contributed by atoms with Crippen LogP contribution in [0.3, 0.4) is 0 Å². The van der Waals surface area contributed by atoms with E-state index in [0.717, 1.165) is 16.0 Å². The third-order valence-electron chi connectivity index (χ3n) is 15.3. The van der Waals surface area contributed by atoms with Gasteiger partial charge in [0.15, 0.2) is 54.7 Å². The van der Waals surface area contributed by atoms with Crippen LogP contribution in [-0.2, 0) is 48.3 Å². The van der Waals surface area contributed by atoms with Gasteiger partial charge in [-0.2, -0.15) is 0 Å². The highest BCUT2D eigenvalue weighted by molar-refractivity contribution is 7.94. The number of amides is 3. The van der Waals surface area contributed by atoms with Crippen LogP contribution in [0.1, 0.15) is 94.3 Å². The number of aromatic nitrogens is 2. The van der Waals surface area contributed by atoms with E-state index in [1.807, 2.05) is 48.5 Å². The normalized spacial score (nSPS) is 20.6. The van der Waals surface area contributed by atoms with Crippen molar-refractivity contribution in [2.24, 2.45) is 5.11 Å². The van der Waals surface area contributed by atoms with E-state index in [-0.39, 0.29) is 45.1 Å². The third kappa shape index (κ3) is 11.0. The van der Waals surface area contributed by atoms with Gasteiger partial charge in [-0.25, -0.2) is 31.2 Å². The minimum atomic E-state index is -4.10. The van der Waals surface area contributed by atoms with Crippen molar-refractivity contribution in [3.8, 4) is 5.75 Å². The molecule has 0 unspecified atom stereocenters. The molecule has 87 heavy (non-hydrogen) atoms. The van der Waals surface area contributed by atoms with Crippen LogP contribution in [-0.4, -0.2) is 109 Å². The maximum absolute atomic E-state index is 13.8. The first-order valence-corrected chi connectivity index (χ1v) is 29.7. The van der Waals surface area contributed by atoms with E-state index in [1.54, 1.807) is 72.8 Å². The number of sulfone groups is 2. The van der Waals surface area contributed by atoms with Crippen molar-refractivity contribution in [2.45, 2.75) is 72.2 Å². The van der Waals surface area contributed by atoms with E-state index in [0.29, 0.717) is 22.3 Å². The summed E-state index contributed by atoms with van der Waals surface area (Å²) < 4.78 is 68.7. The summed E-state index contributed by atoms with van der Waals surface area (Å²) in [7, 11) is -8.16. The lowest BCUT2D eigenvalue weighted by Gasteiger charge is -2.38. The van der Waals surface area contributed by atoms with Gasteiger partial charge in [-0.15, -0.1) is 0 Å². The number of rotatable bonds is 14. The minimum Gasteiger partial charge on any atom is -0.451 e. The minimum absolute atomic E-state index is 0.0327. The van der Waals surface area contributed by atoms with Gasteiger partial charge in [-0.1, -0.05) is 121 Å². The number of nitrogens with zero attached hydrogens (tertiary/aromatic N) is 8. The summed E-state index contributed by atoms with van der Waals surface area (Å²) in [4.78, 5) is 101. The van der Waals surface area contributed by atoms with Crippen LogP contribution in [0.15, 0.2) is 199 Å². The molecule has 4 aliphatic rings. The summed E-state index contributed by atoms with van der Waals surface area (Å²) in [5.74, 6) is -4.47. The number of carbonyl (C=O) groups is 6. The summed E-state index contributed by atoms with van der Waals surface area (Å²) >= 11 is 0. The zero-order valence-electron chi connectivity index (χ0n) is 46.5. The van der Waals surface area contributed by atoms with Crippen LogP contribution in [0.5, 0.6) is 5.75 Å². The average molecular weight is 1210 g/mol. The molecule has 0 spiro atoms. The Morgan fingerprint density at radius 2 is 0.954 bits per heavy atom. The second kappa shape index (κ2) is 23.5. The van der Waals surface area contributed by atoms with E-state index in [9.17, 15) is 55.7 Å². The van der Waals surface area contributed by atoms with Gasteiger partial charge in [0.2, 0.25) is 0 Å². The largest absolute Gasteiger partial charge is 0.451 e. The molecule has 440 valence electrons. The Kier molecular flexibility index (Phi) is 16.1. The zero-order chi connectivity index (χ0) is 62.2. The molecule has 0 N–H and O–H groups in total. The van der Waals surface area contributed by atoms with Gasteiger partial charge in [0.25, 0.3) is 23.4 Å². The smallest absolute Gasteiger partial charge is 0.345 e. The fourth-order valence-corrected chi connectivity index (χ4v) is 14.9. The molecule has 25 heteroatoms. The van der Waals surface area contributed by atoms with Crippen LogP contribution < -0.4 is 4.74 Å². The fourth-order valence-electron chi connectivity index (χ4n) is 10.6. The van der Waals surface area contributed by atoms with Gasteiger partial charge >= 0.3 is 17.9 Å². The number of fused-ring (bicyclic) bond motifs is 2. The molecule has 4 aliphatic heterocycles. The molecule has 0 bridgehead atoms. The summed E-state index contributed by atoms with van der Waals surface area (Å²) in [6.45, 7) is 5.63. The lowest BCUT2D eigenvalue weighted by Crippen LogP contribution is -2.59. The maximum Gasteiger partial charge on any atom is 0.345 e. The third-order valence-corrected chi connectivity index (χ3v) is 20.8. The second-order valence-corrected chi connectivity index (χ2v) is 26.5. The first-order valence-electron chi connectivity index (χ1n) is 26.6. The quantitative estimate of drug-likeness (QED) is 0.0113. The van der Waals surface area contributed by atoms with Crippen molar-refractivity contribution < 1.29 is 64.7 Å². The molecule has 11 rings (SSSR count). The van der Waals surface area contributed by atoms with Crippen LogP contribution in [0, 0.1) is 10.1 Å². The molecule has 4 atom stereocenters. The fraction of sp³-hybridized carbons (Fsp3) is 0.194. The van der Waals surface area contributed by atoms with Gasteiger partial charge < -0.3 is 24.0 Å². The molecule has 0 saturated carbocycles. The average Bonchev–Trinajstić information content (AvgIpc) is 1.54. The van der Waals surface area contributed by atoms with Crippen molar-refractivity contribution in [3.05, 3.63) is 259 Å². The van der Waals surface area contributed by atoms with E-state index in [2.05, 4.69) is 20.0 Å². The van der Waals surface area contributed by atoms with E-state index in [4.69, 9.17) is 19.7 Å². The molecule has 4 saturated heterocycles. The molecule has 3 amide bonds. The molecule has 7 aromatic rings. The Balaban J connectivity index is 0.000000195. The lowest BCUT2D eigenvalue weighted by molar-refractivity contribution is -0.384. The van der Waals surface area contributed by atoms with E-state index in [1.165, 1.54) is 94.6 Å². The van der Waals surface area contributed by atoms with Crippen LogP contribution in [0.25, 0.3) is 22.6 Å². The summed E-state index contributed by atoms with van der Waals surface area (Å²) in [5, 5.41) is 11.1. The molecule has 23 nitrogen and oxygen atoms in total. The number of hydrogen-bond acceptors (Lipinski definition) is 17. The number of benzene rings is 5. The summed E-state index contributed by atoms with van der Waals surface area (Å²) in [5.41, 5.74) is 11.4. The predicted octanol–water partition coefficient (Wildman–Crippen LogP) is 8.66. The van der Waals surface area contributed by atoms with Gasteiger partial charge in [0, 0.05) is 35.0 Å².